The Bertz CT molecular complexity index is 933. The smallest absolute Gasteiger partial charge is 0.272 e. The molecule has 1 aromatic heterocycles. The van der Waals surface area contributed by atoms with Gasteiger partial charge in [0.25, 0.3) is 5.91 Å². The van der Waals surface area contributed by atoms with Gasteiger partial charge in [-0.2, -0.15) is 4.99 Å². The average Bonchev–Trinajstić information content (AvgIpc) is 2.90. The van der Waals surface area contributed by atoms with Crippen molar-refractivity contribution in [1.82, 2.24) is 4.57 Å². The van der Waals surface area contributed by atoms with Gasteiger partial charge in [-0.25, -0.2) is 0 Å². The molecule has 0 saturated carbocycles. The second kappa shape index (κ2) is 6.75. The van der Waals surface area contributed by atoms with Gasteiger partial charge in [0.15, 0.2) is 4.80 Å². The molecule has 0 spiro atoms. The molecule has 0 radical (unpaired) electrons. The predicted molar refractivity (Wildman–Crippen MR) is 96.2 cm³/mol. The van der Waals surface area contributed by atoms with Crippen molar-refractivity contribution in [3.05, 3.63) is 70.5 Å². The number of aromatic nitrogens is 1. The van der Waals surface area contributed by atoms with E-state index in [-0.39, 0.29) is 5.91 Å². The lowest BCUT2D eigenvalue weighted by Crippen LogP contribution is -2.12. The third-order valence-electron chi connectivity index (χ3n) is 3.71. The molecule has 0 aliphatic heterocycles. The number of hydrogen-bond acceptors (Lipinski definition) is 2. The number of carbonyl (C=O) groups excluding carboxylic acids is 1. The van der Waals surface area contributed by atoms with Crippen LogP contribution < -0.4 is 4.80 Å². The van der Waals surface area contributed by atoms with Crippen LogP contribution in [0.3, 0.4) is 0 Å². The van der Waals surface area contributed by atoms with Crippen LogP contribution in [0.2, 0.25) is 0 Å². The Balaban J connectivity index is 1.96. The van der Waals surface area contributed by atoms with Crippen LogP contribution in [0.4, 0.5) is 0 Å². The molecule has 3 aromatic rings. The Morgan fingerprint density at radius 3 is 2.70 bits per heavy atom. The number of para-hydroxylation sites is 1. The van der Waals surface area contributed by atoms with Crippen LogP contribution in [-0.2, 0) is 18.3 Å². The van der Waals surface area contributed by atoms with E-state index < -0.39 is 0 Å². The summed E-state index contributed by atoms with van der Waals surface area (Å²) in [4.78, 5) is 17.1. The first-order valence-corrected chi connectivity index (χ1v) is 8.40. The van der Waals surface area contributed by atoms with Crippen molar-refractivity contribution in [1.29, 1.82) is 0 Å². The number of amides is 1. The fourth-order valence-electron chi connectivity index (χ4n) is 2.54. The topological polar surface area (TPSA) is 34.4 Å². The maximum Gasteiger partial charge on any atom is 0.272 e. The maximum atomic E-state index is 12.1. The molecule has 0 atom stereocenters. The minimum absolute atomic E-state index is 0.242. The molecular formula is C19H18N2OS. The van der Waals surface area contributed by atoms with E-state index in [1.54, 1.807) is 17.4 Å². The standard InChI is InChI=1S/C19H18N2OS/c1-3-15-10-7-11-16-18(15)21(2)19(23-16)20-17(22)13-12-14-8-5-4-6-9-14/h4-13H,3H2,1-2H3. The maximum absolute atomic E-state index is 12.1. The summed E-state index contributed by atoms with van der Waals surface area (Å²) >= 11 is 1.55. The quantitative estimate of drug-likeness (QED) is 0.673. The Labute approximate surface area is 139 Å². The largest absolute Gasteiger partial charge is 0.319 e. The van der Waals surface area contributed by atoms with Crippen molar-refractivity contribution >= 4 is 33.5 Å². The number of carbonyl (C=O) groups is 1. The number of rotatable bonds is 3. The summed E-state index contributed by atoms with van der Waals surface area (Å²) in [6.07, 6.45) is 4.26. The Morgan fingerprint density at radius 2 is 1.96 bits per heavy atom. The van der Waals surface area contributed by atoms with Crippen molar-refractivity contribution in [2.24, 2.45) is 12.0 Å². The van der Waals surface area contributed by atoms with E-state index in [9.17, 15) is 4.79 Å². The molecule has 3 nitrogen and oxygen atoms in total. The third-order valence-corrected chi connectivity index (χ3v) is 4.81. The number of thiazole rings is 1. The normalized spacial score (nSPS) is 12.3. The van der Waals surface area contributed by atoms with E-state index in [4.69, 9.17) is 0 Å². The second-order valence-electron chi connectivity index (χ2n) is 5.26. The van der Waals surface area contributed by atoms with Crippen LogP contribution in [0.5, 0.6) is 0 Å². The van der Waals surface area contributed by atoms with Gasteiger partial charge in [0.05, 0.1) is 10.2 Å². The van der Waals surface area contributed by atoms with Gasteiger partial charge in [-0.05, 0) is 29.7 Å². The van der Waals surface area contributed by atoms with Gasteiger partial charge in [0.1, 0.15) is 0 Å². The molecule has 2 aromatic carbocycles. The molecule has 0 fully saturated rings. The third kappa shape index (κ3) is 3.32. The monoisotopic (exact) mass is 322 g/mol. The zero-order valence-electron chi connectivity index (χ0n) is 13.2. The van der Waals surface area contributed by atoms with Crippen LogP contribution >= 0.6 is 11.3 Å². The Hall–Kier alpha value is -2.46. The zero-order valence-corrected chi connectivity index (χ0v) is 14.0. The molecule has 1 heterocycles. The van der Waals surface area contributed by atoms with Crippen molar-refractivity contribution in [3.8, 4) is 0 Å². The molecular weight excluding hydrogens is 304 g/mol. The minimum atomic E-state index is -0.242. The highest BCUT2D eigenvalue weighted by Crippen LogP contribution is 2.21. The molecule has 0 bridgehead atoms. The van der Waals surface area contributed by atoms with Gasteiger partial charge < -0.3 is 4.57 Å². The van der Waals surface area contributed by atoms with E-state index in [0.29, 0.717) is 0 Å². The fraction of sp³-hybridized carbons (Fsp3) is 0.158. The van der Waals surface area contributed by atoms with Crippen molar-refractivity contribution in [3.63, 3.8) is 0 Å². The van der Waals surface area contributed by atoms with Gasteiger partial charge in [-0.3, -0.25) is 4.79 Å². The molecule has 23 heavy (non-hydrogen) atoms. The molecule has 0 aliphatic carbocycles. The van der Waals surface area contributed by atoms with Gasteiger partial charge >= 0.3 is 0 Å². The average molecular weight is 322 g/mol. The minimum Gasteiger partial charge on any atom is -0.319 e. The number of aryl methyl sites for hydroxylation is 2. The number of benzene rings is 2. The summed E-state index contributed by atoms with van der Waals surface area (Å²) in [7, 11) is 1.96. The molecule has 116 valence electrons. The van der Waals surface area contributed by atoms with Crippen LogP contribution in [0.1, 0.15) is 18.1 Å². The molecule has 1 amide bonds. The van der Waals surface area contributed by atoms with Crippen LogP contribution in [0.15, 0.2) is 59.6 Å². The first-order chi connectivity index (χ1) is 11.2. The summed E-state index contributed by atoms with van der Waals surface area (Å²) in [6.45, 7) is 2.14. The Morgan fingerprint density at radius 1 is 1.17 bits per heavy atom. The van der Waals surface area contributed by atoms with E-state index in [1.165, 1.54) is 17.2 Å². The van der Waals surface area contributed by atoms with E-state index >= 15 is 0 Å². The summed E-state index contributed by atoms with van der Waals surface area (Å²) in [6, 6.07) is 16.0. The lowest BCUT2D eigenvalue weighted by atomic mass is 10.1. The lowest BCUT2D eigenvalue weighted by molar-refractivity contribution is -0.113. The van der Waals surface area contributed by atoms with Gasteiger partial charge in [0, 0.05) is 13.1 Å². The molecule has 3 rings (SSSR count). The van der Waals surface area contributed by atoms with E-state index in [2.05, 4.69) is 30.1 Å². The van der Waals surface area contributed by atoms with Gasteiger partial charge in [-0.1, -0.05) is 60.7 Å². The highest BCUT2D eigenvalue weighted by molar-refractivity contribution is 7.16. The first-order valence-electron chi connectivity index (χ1n) is 7.58. The number of fused-ring (bicyclic) bond motifs is 1. The highest BCUT2D eigenvalue weighted by atomic mass is 32.1. The number of hydrogen-bond donors (Lipinski definition) is 0. The van der Waals surface area contributed by atoms with Crippen LogP contribution in [0.25, 0.3) is 16.3 Å². The summed E-state index contributed by atoms with van der Waals surface area (Å²) in [5.41, 5.74) is 3.43. The SMILES string of the molecule is CCc1cccc2sc(=NC(=O)C=Cc3ccccc3)n(C)c12. The molecule has 0 N–H and O–H groups in total. The highest BCUT2D eigenvalue weighted by Gasteiger charge is 2.07. The van der Waals surface area contributed by atoms with Crippen LogP contribution in [0, 0.1) is 0 Å². The summed E-state index contributed by atoms with van der Waals surface area (Å²) < 4.78 is 3.16. The van der Waals surface area contributed by atoms with Crippen LogP contribution in [-0.4, -0.2) is 10.5 Å². The molecule has 0 unspecified atom stereocenters. The van der Waals surface area contributed by atoms with Gasteiger partial charge in [0.2, 0.25) is 0 Å². The molecule has 4 heteroatoms. The fourth-order valence-corrected chi connectivity index (χ4v) is 3.61. The predicted octanol–water partition coefficient (Wildman–Crippen LogP) is 3.94. The van der Waals surface area contributed by atoms with Crippen molar-refractivity contribution in [2.45, 2.75) is 13.3 Å². The summed E-state index contributed by atoms with van der Waals surface area (Å²) in [5.74, 6) is -0.242. The second-order valence-corrected chi connectivity index (χ2v) is 6.26. The van der Waals surface area contributed by atoms with Crippen molar-refractivity contribution in [2.75, 3.05) is 0 Å². The molecule has 0 saturated heterocycles. The summed E-state index contributed by atoms with van der Waals surface area (Å²) in [5, 5.41) is 0. The number of nitrogens with zero attached hydrogens (tertiary/aromatic N) is 2. The Kier molecular flexibility index (Phi) is 4.53. The zero-order chi connectivity index (χ0) is 16.2. The van der Waals surface area contributed by atoms with E-state index in [1.807, 2.05) is 41.9 Å². The van der Waals surface area contributed by atoms with Gasteiger partial charge in [-0.15, -0.1) is 0 Å². The van der Waals surface area contributed by atoms with E-state index in [0.717, 1.165) is 21.5 Å². The first kappa shape index (κ1) is 15.4. The lowest BCUT2D eigenvalue weighted by Gasteiger charge is -2.01. The molecule has 0 aliphatic rings. The van der Waals surface area contributed by atoms with Crippen molar-refractivity contribution < 1.29 is 4.79 Å².